The highest BCUT2D eigenvalue weighted by Gasteiger charge is 2.45. The molecule has 1 N–H and O–H groups in total. The van der Waals surface area contributed by atoms with Gasteiger partial charge in [-0.1, -0.05) is 45.0 Å². The summed E-state index contributed by atoms with van der Waals surface area (Å²) in [4.78, 5) is 45.0. The molecule has 1 aliphatic rings. The molecule has 8 nitrogen and oxygen atoms in total. The van der Waals surface area contributed by atoms with Crippen LogP contribution in [-0.4, -0.2) is 62.4 Å². The van der Waals surface area contributed by atoms with E-state index in [0.717, 1.165) is 4.90 Å². The Bertz CT molecular complexity index is 1520. The maximum atomic E-state index is 13.6. The van der Waals surface area contributed by atoms with Crippen molar-refractivity contribution in [2.75, 3.05) is 18.4 Å². The summed E-state index contributed by atoms with van der Waals surface area (Å²) in [5.41, 5.74) is 1.35. The average Bonchev–Trinajstić information content (AvgIpc) is 3.31. The fourth-order valence-corrected chi connectivity index (χ4v) is 5.29. The largest absolute Gasteiger partial charge is 0.471 e. The van der Waals surface area contributed by atoms with Crippen molar-refractivity contribution in [3.8, 4) is 0 Å². The van der Waals surface area contributed by atoms with Crippen molar-refractivity contribution < 1.29 is 27.6 Å². The van der Waals surface area contributed by atoms with Gasteiger partial charge in [0.25, 0.3) is 5.91 Å². The number of hydrogen-bond acceptors (Lipinski definition) is 4. The van der Waals surface area contributed by atoms with E-state index in [0.29, 0.717) is 53.1 Å². The summed E-state index contributed by atoms with van der Waals surface area (Å²) in [6.45, 7) is 11.2. The number of imidazole rings is 1. The summed E-state index contributed by atoms with van der Waals surface area (Å²) in [5, 5.41) is 3.36. The van der Waals surface area contributed by atoms with Crippen molar-refractivity contribution in [1.29, 1.82) is 0 Å². The number of rotatable bonds is 7. The van der Waals surface area contributed by atoms with Crippen LogP contribution in [0.5, 0.6) is 0 Å². The molecule has 3 amide bonds. The monoisotopic (exact) mass is 617 g/mol. The molecule has 1 aliphatic heterocycles. The molecule has 230 valence electrons. The van der Waals surface area contributed by atoms with Gasteiger partial charge in [-0.2, -0.15) is 13.2 Å². The van der Waals surface area contributed by atoms with Crippen LogP contribution < -0.4 is 5.32 Å². The van der Waals surface area contributed by atoms with Crippen LogP contribution in [-0.2, 0) is 16.1 Å². The number of fused-ring (bicyclic) bond motifs is 1. The summed E-state index contributed by atoms with van der Waals surface area (Å²) in [6.07, 6.45) is -2.56. The predicted molar refractivity (Wildman–Crippen MR) is 160 cm³/mol. The van der Waals surface area contributed by atoms with E-state index in [1.165, 1.54) is 6.08 Å². The maximum Gasteiger partial charge on any atom is 0.471 e. The number of carbonyl (C=O) groups is 3. The highest BCUT2D eigenvalue weighted by atomic mass is 35.5. The molecular formula is C31H35ClF3N5O3. The van der Waals surface area contributed by atoms with Gasteiger partial charge in [0.15, 0.2) is 0 Å². The van der Waals surface area contributed by atoms with Crippen molar-refractivity contribution in [1.82, 2.24) is 19.4 Å². The van der Waals surface area contributed by atoms with E-state index in [4.69, 9.17) is 11.6 Å². The van der Waals surface area contributed by atoms with E-state index in [9.17, 15) is 27.6 Å². The number of nitrogens with one attached hydrogen (secondary N) is 1. The van der Waals surface area contributed by atoms with Gasteiger partial charge in [0.2, 0.25) is 11.9 Å². The Labute approximate surface area is 253 Å². The maximum absolute atomic E-state index is 13.6. The molecule has 12 heteroatoms. The molecular weight excluding hydrogens is 583 g/mol. The van der Waals surface area contributed by atoms with Crippen molar-refractivity contribution in [2.45, 2.75) is 65.3 Å². The van der Waals surface area contributed by atoms with Crippen molar-refractivity contribution in [3.63, 3.8) is 0 Å². The van der Waals surface area contributed by atoms with Gasteiger partial charge in [-0.05, 0) is 73.2 Å². The Balaban J connectivity index is 1.72. The smallest absolute Gasteiger partial charge is 0.339 e. The van der Waals surface area contributed by atoms with Crippen LogP contribution >= 0.6 is 11.6 Å². The van der Waals surface area contributed by atoms with E-state index in [-0.39, 0.29) is 24.4 Å². The third-order valence-electron chi connectivity index (χ3n) is 7.98. The van der Waals surface area contributed by atoms with Gasteiger partial charge < -0.3 is 14.4 Å². The molecule has 3 aromatic rings. The first-order chi connectivity index (χ1) is 20.1. The Hall–Kier alpha value is -3.86. The Morgan fingerprint density at radius 1 is 1.12 bits per heavy atom. The van der Waals surface area contributed by atoms with Gasteiger partial charge in [0.05, 0.1) is 11.0 Å². The number of nitrogens with zero attached hydrogens (tertiary/aromatic N) is 4. The number of hydrogen-bond donors (Lipinski definition) is 1. The van der Waals surface area contributed by atoms with Crippen molar-refractivity contribution in [2.24, 2.45) is 5.41 Å². The van der Waals surface area contributed by atoms with Crippen molar-refractivity contribution >= 4 is 46.3 Å². The first-order valence-corrected chi connectivity index (χ1v) is 14.3. The lowest BCUT2D eigenvalue weighted by Crippen LogP contribution is -2.50. The second-order valence-electron chi connectivity index (χ2n) is 11.8. The summed E-state index contributed by atoms with van der Waals surface area (Å²) in [7, 11) is 0. The fourth-order valence-electron chi connectivity index (χ4n) is 5.16. The molecule has 1 saturated heterocycles. The zero-order valence-corrected chi connectivity index (χ0v) is 25.3. The Kier molecular flexibility index (Phi) is 9.24. The van der Waals surface area contributed by atoms with E-state index in [1.807, 2.05) is 4.57 Å². The molecule has 1 aromatic heterocycles. The number of amides is 3. The number of halogens is 4. The number of piperidine rings is 1. The Morgan fingerprint density at radius 2 is 1.74 bits per heavy atom. The number of anilines is 1. The van der Waals surface area contributed by atoms with Gasteiger partial charge in [0, 0.05) is 42.3 Å². The minimum Gasteiger partial charge on any atom is -0.339 e. The average molecular weight is 618 g/mol. The molecule has 0 aliphatic carbocycles. The van der Waals surface area contributed by atoms with Crippen LogP contribution in [0.1, 0.15) is 62.5 Å². The number of likely N-dealkylation sites (tertiary alicyclic amines) is 1. The molecule has 1 fully saturated rings. The summed E-state index contributed by atoms with van der Waals surface area (Å²) < 4.78 is 42.6. The molecule has 43 heavy (non-hydrogen) atoms. The third kappa shape index (κ3) is 7.21. The first kappa shape index (κ1) is 32.1. The van der Waals surface area contributed by atoms with Crippen LogP contribution in [0.25, 0.3) is 11.0 Å². The number of alkyl halides is 3. The van der Waals surface area contributed by atoms with E-state index in [2.05, 4.69) is 16.9 Å². The van der Waals surface area contributed by atoms with Gasteiger partial charge in [-0.15, -0.1) is 0 Å². The molecule has 4 rings (SSSR count). The zero-order valence-electron chi connectivity index (χ0n) is 24.5. The fraction of sp³-hybridized carbons (Fsp3) is 0.419. The van der Waals surface area contributed by atoms with E-state index >= 15 is 0 Å². The second-order valence-corrected chi connectivity index (χ2v) is 12.3. The van der Waals surface area contributed by atoms with Crippen LogP contribution in [0.15, 0.2) is 55.1 Å². The second kappa shape index (κ2) is 12.4. The first-order valence-electron chi connectivity index (χ1n) is 14.0. The van der Waals surface area contributed by atoms with E-state index in [1.54, 1.807) is 75.1 Å². The lowest BCUT2D eigenvalue weighted by molar-refractivity contribution is -0.190. The molecule has 1 unspecified atom stereocenters. The molecule has 2 aromatic carbocycles. The molecule has 2 heterocycles. The van der Waals surface area contributed by atoms with Gasteiger partial charge in [0.1, 0.15) is 0 Å². The van der Waals surface area contributed by atoms with E-state index < -0.39 is 29.4 Å². The van der Waals surface area contributed by atoms with Gasteiger partial charge in [-0.25, -0.2) is 4.98 Å². The summed E-state index contributed by atoms with van der Waals surface area (Å²) in [5.74, 6) is -2.20. The minimum atomic E-state index is -5.02. The predicted octanol–water partition coefficient (Wildman–Crippen LogP) is 6.62. The zero-order chi connectivity index (χ0) is 31.7. The Morgan fingerprint density at radius 3 is 2.30 bits per heavy atom. The molecule has 0 bridgehead atoms. The summed E-state index contributed by atoms with van der Waals surface area (Å²) in [6, 6.07) is 10.6. The summed E-state index contributed by atoms with van der Waals surface area (Å²) >= 11 is 5.97. The van der Waals surface area contributed by atoms with Crippen LogP contribution in [0, 0.1) is 5.41 Å². The highest BCUT2D eigenvalue weighted by Crippen LogP contribution is 2.34. The molecule has 1 atom stereocenters. The quantitative estimate of drug-likeness (QED) is 0.302. The van der Waals surface area contributed by atoms with Gasteiger partial charge in [-0.3, -0.25) is 19.7 Å². The molecule has 0 radical (unpaired) electrons. The number of carbonyl (C=O) groups excluding carboxylic acids is 3. The standard InChI is InChI=1S/C31H35ClF3N5O3/c1-6-26(41)38-15-13-23(14-16-38)40-25-12-7-20(18-39(19(2)30(3,4)5)28(43)31(33,34)35)17-24(25)36-29(40)37-27(42)21-8-10-22(32)11-9-21/h6-12,17,19,23H,1,13-16,18H2,2-5H3,(H,36,37,42). The third-order valence-corrected chi connectivity index (χ3v) is 8.23. The van der Waals surface area contributed by atoms with Crippen molar-refractivity contribution in [3.05, 3.63) is 71.3 Å². The minimum absolute atomic E-state index is 0.116. The topological polar surface area (TPSA) is 87.5 Å². The van der Waals surface area contributed by atoms with Crippen LogP contribution in [0.3, 0.4) is 0 Å². The molecule has 0 saturated carbocycles. The lowest BCUT2D eigenvalue weighted by Gasteiger charge is -2.38. The number of aromatic nitrogens is 2. The SMILES string of the molecule is C=CC(=O)N1CCC(n2c(NC(=O)c3ccc(Cl)cc3)nc3cc(CN(C(=O)C(F)(F)F)C(C)C(C)(C)C)ccc32)CC1. The van der Waals surface area contributed by atoms with Crippen LogP contribution in [0.4, 0.5) is 19.1 Å². The van der Waals surface area contributed by atoms with Gasteiger partial charge >= 0.3 is 12.1 Å². The number of benzene rings is 2. The highest BCUT2D eigenvalue weighted by molar-refractivity contribution is 6.30. The van der Waals surface area contributed by atoms with Crippen LogP contribution in [0.2, 0.25) is 5.02 Å². The molecule has 0 spiro atoms. The normalized spacial score (nSPS) is 15.3. The lowest BCUT2D eigenvalue weighted by atomic mass is 9.86.